The van der Waals surface area contributed by atoms with E-state index in [1.165, 1.54) is 12.1 Å². The highest BCUT2D eigenvalue weighted by atomic mass is 19.4. The van der Waals surface area contributed by atoms with E-state index >= 15 is 0 Å². The van der Waals surface area contributed by atoms with E-state index < -0.39 is 17.6 Å². The summed E-state index contributed by atoms with van der Waals surface area (Å²) in [4.78, 5) is 23.4. The van der Waals surface area contributed by atoms with Crippen molar-refractivity contribution in [2.75, 3.05) is 30.4 Å². The highest BCUT2D eigenvalue weighted by Gasteiger charge is 2.31. The number of rotatable bonds is 8. The first-order chi connectivity index (χ1) is 21.7. The summed E-state index contributed by atoms with van der Waals surface area (Å²) in [6.45, 7) is 1.91. The minimum Gasteiger partial charge on any atom is -0.497 e. The van der Waals surface area contributed by atoms with Gasteiger partial charge in [0.05, 0.1) is 19.2 Å². The van der Waals surface area contributed by atoms with Gasteiger partial charge in [-0.1, -0.05) is 12.1 Å². The van der Waals surface area contributed by atoms with E-state index in [1.807, 2.05) is 28.9 Å². The average Bonchev–Trinajstić information content (AvgIpc) is 3.40. The minimum absolute atomic E-state index is 0.0198. The molecule has 3 N–H and O–H groups in total. The molecule has 1 aliphatic heterocycles. The Hall–Kier alpha value is -5.17. The molecule has 1 aliphatic rings. The van der Waals surface area contributed by atoms with Gasteiger partial charge in [0.25, 0.3) is 5.91 Å². The quantitative estimate of drug-likeness (QED) is 0.222. The lowest BCUT2D eigenvalue weighted by Crippen LogP contribution is -2.43. The lowest BCUT2D eigenvalue weighted by molar-refractivity contribution is -0.137. The fourth-order valence-corrected chi connectivity index (χ4v) is 5.24. The molecule has 0 unspecified atom stereocenters. The van der Waals surface area contributed by atoms with E-state index in [-0.39, 0.29) is 17.4 Å². The van der Waals surface area contributed by atoms with E-state index in [9.17, 15) is 18.0 Å². The number of carbonyl (C=O) groups excluding carboxylic acids is 1. The van der Waals surface area contributed by atoms with Crippen LogP contribution < -0.4 is 25.4 Å². The van der Waals surface area contributed by atoms with Crippen molar-refractivity contribution in [1.29, 1.82) is 0 Å². The summed E-state index contributed by atoms with van der Waals surface area (Å²) in [7, 11) is 1.62. The van der Waals surface area contributed by atoms with Crippen LogP contribution in [-0.2, 0) is 12.7 Å². The molecule has 1 saturated heterocycles. The van der Waals surface area contributed by atoms with Gasteiger partial charge < -0.3 is 25.4 Å². The number of nitrogens with zero attached hydrogens (tertiary/aromatic N) is 5. The van der Waals surface area contributed by atoms with Crippen LogP contribution in [0.15, 0.2) is 79.1 Å². The second-order valence-corrected chi connectivity index (χ2v) is 10.7. The number of ether oxygens (including phenoxy) is 2. The Labute approximate surface area is 256 Å². The number of methoxy groups -OCH3 is 1. The summed E-state index contributed by atoms with van der Waals surface area (Å²) >= 11 is 0. The molecule has 13 heteroatoms. The van der Waals surface area contributed by atoms with Crippen molar-refractivity contribution >= 4 is 28.6 Å². The molecule has 4 heterocycles. The van der Waals surface area contributed by atoms with E-state index in [0.29, 0.717) is 30.2 Å². The van der Waals surface area contributed by atoms with E-state index in [1.54, 1.807) is 31.5 Å². The van der Waals surface area contributed by atoms with Gasteiger partial charge in [-0.25, -0.2) is 14.6 Å². The van der Waals surface area contributed by atoms with Crippen molar-refractivity contribution in [1.82, 2.24) is 19.7 Å². The van der Waals surface area contributed by atoms with Crippen LogP contribution in [0.5, 0.6) is 17.2 Å². The Morgan fingerprint density at radius 1 is 1.02 bits per heavy atom. The zero-order valence-electron chi connectivity index (χ0n) is 24.3. The van der Waals surface area contributed by atoms with Gasteiger partial charge in [-0.05, 0) is 66.9 Å². The van der Waals surface area contributed by atoms with Gasteiger partial charge in [0, 0.05) is 43.2 Å². The lowest BCUT2D eigenvalue weighted by atomic mass is 10.1. The van der Waals surface area contributed by atoms with Gasteiger partial charge in [-0.15, -0.1) is 0 Å². The number of nitrogens with two attached hydrogens (primary N) is 1. The summed E-state index contributed by atoms with van der Waals surface area (Å²) in [5.74, 6) is 1.65. The van der Waals surface area contributed by atoms with Crippen molar-refractivity contribution in [3.63, 3.8) is 0 Å². The molecule has 0 saturated carbocycles. The van der Waals surface area contributed by atoms with E-state index in [0.717, 1.165) is 60.2 Å². The highest BCUT2D eigenvalue weighted by Crippen LogP contribution is 2.37. The Morgan fingerprint density at radius 3 is 2.47 bits per heavy atom. The van der Waals surface area contributed by atoms with E-state index in [4.69, 9.17) is 20.3 Å². The maximum Gasteiger partial charge on any atom is 0.416 e. The molecule has 0 spiro atoms. The zero-order chi connectivity index (χ0) is 31.6. The largest absolute Gasteiger partial charge is 0.497 e. The number of alkyl halides is 3. The van der Waals surface area contributed by atoms with Gasteiger partial charge in [-0.2, -0.15) is 18.3 Å². The molecular weight excluding hydrogens is 587 g/mol. The SMILES string of the molecule is COc1ccc(Cn2nc(N3CCC[C@@H](N)C3)c3c(Oc4ccc(C(=O)Nc5cc(C(F)(F)F)ccn5)cc4)ccnc32)cc1. The highest BCUT2D eigenvalue weighted by molar-refractivity contribution is 6.03. The Bertz CT molecular complexity index is 1810. The van der Waals surface area contributed by atoms with Crippen LogP contribution in [0.4, 0.5) is 24.8 Å². The molecule has 0 radical (unpaired) electrons. The van der Waals surface area contributed by atoms with Gasteiger partial charge in [0.2, 0.25) is 0 Å². The third kappa shape index (κ3) is 6.68. The number of fused-ring (bicyclic) bond motifs is 1. The topological polar surface area (TPSA) is 120 Å². The maximum atomic E-state index is 13.0. The van der Waals surface area contributed by atoms with Gasteiger partial charge in [-0.3, -0.25) is 4.79 Å². The van der Waals surface area contributed by atoms with Gasteiger partial charge in [0.1, 0.15) is 28.5 Å². The van der Waals surface area contributed by atoms with Crippen molar-refractivity contribution in [3.8, 4) is 17.2 Å². The number of halogens is 3. The first-order valence-corrected chi connectivity index (χ1v) is 14.3. The molecule has 10 nitrogen and oxygen atoms in total. The van der Waals surface area contributed by atoms with Crippen LogP contribution in [-0.4, -0.2) is 51.9 Å². The van der Waals surface area contributed by atoms with Crippen LogP contribution in [0, 0.1) is 0 Å². The number of aromatic nitrogens is 4. The predicted octanol–water partition coefficient (Wildman–Crippen LogP) is 5.87. The monoisotopic (exact) mass is 617 g/mol. The summed E-state index contributed by atoms with van der Waals surface area (Å²) in [5, 5.41) is 8.11. The van der Waals surface area contributed by atoms with Crippen LogP contribution >= 0.6 is 0 Å². The second kappa shape index (κ2) is 12.4. The molecule has 45 heavy (non-hydrogen) atoms. The van der Waals surface area contributed by atoms with Crippen molar-refractivity contribution < 1.29 is 27.4 Å². The number of anilines is 2. The third-order valence-corrected chi connectivity index (χ3v) is 7.50. The standard InChI is InChI=1S/C32H30F3N7O3/c1-44-24-8-4-20(5-9-24)18-42-29-28(30(40-42)41-16-2-3-23(36)19-41)26(13-15-38-29)45-25-10-6-21(7-11-25)31(43)39-27-17-22(12-14-37-27)32(33,34)35/h4-15,17,23H,2-3,16,18-19,36H2,1H3,(H,37,39,43)/t23-/m1/s1. The van der Waals surface area contributed by atoms with Crippen LogP contribution in [0.2, 0.25) is 0 Å². The van der Waals surface area contributed by atoms with Gasteiger partial charge >= 0.3 is 6.18 Å². The predicted molar refractivity (Wildman–Crippen MR) is 163 cm³/mol. The first-order valence-electron chi connectivity index (χ1n) is 14.3. The summed E-state index contributed by atoms with van der Waals surface area (Å²) in [5.41, 5.74) is 7.29. The number of amides is 1. The molecule has 3 aromatic heterocycles. The molecule has 1 amide bonds. The number of nitrogens with one attached hydrogen (secondary N) is 1. The average molecular weight is 618 g/mol. The number of hydrogen-bond donors (Lipinski definition) is 2. The lowest BCUT2D eigenvalue weighted by Gasteiger charge is -2.31. The summed E-state index contributed by atoms with van der Waals surface area (Å²) < 4.78 is 52.6. The normalized spacial score (nSPS) is 15.2. The van der Waals surface area contributed by atoms with Crippen molar-refractivity contribution in [2.45, 2.75) is 31.6 Å². The minimum atomic E-state index is -4.55. The molecule has 1 atom stereocenters. The van der Waals surface area contributed by atoms with Crippen molar-refractivity contribution in [3.05, 3.63) is 95.8 Å². The maximum absolute atomic E-state index is 13.0. The third-order valence-electron chi connectivity index (χ3n) is 7.50. The van der Waals surface area contributed by atoms with Crippen molar-refractivity contribution in [2.24, 2.45) is 5.73 Å². The number of pyridine rings is 2. The fraction of sp³-hybridized carbons (Fsp3) is 0.250. The van der Waals surface area contributed by atoms with E-state index in [2.05, 4.69) is 20.2 Å². The van der Waals surface area contributed by atoms with Gasteiger partial charge in [0.15, 0.2) is 11.5 Å². The molecule has 0 aliphatic carbocycles. The number of hydrogen-bond acceptors (Lipinski definition) is 8. The molecule has 0 bridgehead atoms. The van der Waals surface area contributed by atoms with Crippen LogP contribution in [0.1, 0.15) is 34.3 Å². The number of benzene rings is 2. The summed E-state index contributed by atoms with van der Waals surface area (Å²) in [6.07, 6.45) is -0.0303. The molecule has 1 fully saturated rings. The number of carbonyl (C=O) groups is 1. The Kier molecular flexibility index (Phi) is 8.26. The Balaban J connectivity index is 1.27. The smallest absolute Gasteiger partial charge is 0.416 e. The first kappa shape index (κ1) is 29.9. The molecule has 2 aromatic carbocycles. The summed E-state index contributed by atoms with van der Waals surface area (Å²) in [6, 6.07) is 17.4. The van der Waals surface area contributed by atoms with Crippen LogP contribution in [0.3, 0.4) is 0 Å². The second-order valence-electron chi connectivity index (χ2n) is 10.7. The number of piperidine rings is 1. The Morgan fingerprint density at radius 2 is 1.76 bits per heavy atom. The molecule has 5 aromatic rings. The zero-order valence-corrected chi connectivity index (χ0v) is 24.3. The molecule has 6 rings (SSSR count). The van der Waals surface area contributed by atoms with Crippen LogP contribution in [0.25, 0.3) is 11.0 Å². The fourth-order valence-electron chi connectivity index (χ4n) is 5.24. The molecular formula is C32H30F3N7O3. The molecule has 232 valence electrons.